The molecule has 0 fully saturated rings. The number of anilines is 1. The Morgan fingerprint density at radius 1 is 1.00 bits per heavy atom. The highest BCUT2D eigenvalue weighted by Gasteiger charge is 2.15. The molecule has 1 aliphatic rings. The number of aliphatic imine (C=N–C) groups is 1. The summed E-state index contributed by atoms with van der Waals surface area (Å²) >= 11 is 6.36. The van der Waals surface area contributed by atoms with E-state index >= 15 is 0 Å². The van der Waals surface area contributed by atoms with E-state index in [0.29, 0.717) is 17.4 Å². The minimum Gasteiger partial charge on any atom is -0.331 e. The third kappa shape index (κ3) is 3.13. The summed E-state index contributed by atoms with van der Waals surface area (Å²) in [7, 11) is 0. The fraction of sp³-hybridized carbons (Fsp3) is 0.150. The molecular formula is C20H18ClN5. The summed E-state index contributed by atoms with van der Waals surface area (Å²) in [6.07, 6.45) is 0. The number of aromatic nitrogens is 2. The normalized spacial score (nSPS) is 14.2. The highest BCUT2D eigenvalue weighted by Crippen LogP contribution is 2.29. The van der Waals surface area contributed by atoms with Crippen LogP contribution in [0.5, 0.6) is 0 Å². The summed E-state index contributed by atoms with van der Waals surface area (Å²) in [6, 6.07) is 15.5. The molecule has 0 radical (unpaired) electrons. The van der Waals surface area contributed by atoms with Gasteiger partial charge >= 0.3 is 0 Å². The molecule has 130 valence electrons. The lowest BCUT2D eigenvalue weighted by Gasteiger charge is -2.20. The molecule has 1 aromatic heterocycles. The van der Waals surface area contributed by atoms with Gasteiger partial charge in [0, 0.05) is 10.9 Å². The molecule has 0 aliphatic carbocycles. The van der Waals surface area contributed by atoms with Crippen LogP contribution in [0.4, 0.5) is 5.82 Å². The molecule has 0 unspecified atom stereocenters. The van der Waals surface area contributed by atoms with Gasteiger partial charge in [-0.15, -0.1) is 0 Å². The Hall–Kier alpha value is -2.92. The van der Waals surface area contributed by atoms with Crippen molar-refractivity contribution in [1.82, 2.24) is 15.3 Å². The lowest BCUT2D eigenvalue weighted by atomic mass is 10.1. The molecule has 0 saturated carbocycles. The molecule has 1 aliphatic heterocycles. The summed E-state index contributed by atoms with van der Waals surface area (Å²) in [5.74, 6) is 3.12. The molecule has 0 atom stereocenters. The van der Waals surface area contributed by atoms with Crippen LogP contribution in [0.2, 0.25) is 5.02 Å². The van der Waals surface area contributed by atoms with Gasteiger partial charge < -0.3 is 10.6 Å². The van der Waals surface area contributed by atoms with Crippen LogP contribution in [0.15, 0.2) is 64.9 Å². The van der Waals surface area contributed by atoms with Crippen molar-refractivity contribution in [2.24, 2.45) is 4.99 Å². The van der Waals surface area contributed by atoms with Crippen LogP contribution in [0.1, 0.15) is 13.8 Å². The summed E-state index contributed by atoms with van der Waals surface area (Å²) < 4.78 is 0. The van der Waals surface area contributed by atoms with Crippen LogP contribution in [-0.2, 0) is 0 Å². The number of rotatable bonds is 3. The van der Waals surface area contributed by atoms with Gasteiger partial charge in [0.15, 0.2) is 5.82 Å². The predicted octanol–water partition coefficient (Wildman–Crippen LogP) is 4.62. The molecule has 2 aromatic carbocycles. The van der Waals surface area contributed by atoms with E-state index in [1.54, 1.807) is 0 Å². The molecular weight excluding hydrogens is 346 g/mol. The highest BCUT2D eigenvalue weighted by molar-refractivity contribution is 6.33. The summed E-state index contributed by atoms with van der Waals surface area (Å²) in [4.78, 5) is 13.9. The van der Waals surface area contributed by atoms with Crippen molar-refractivity contribution >= 4 is 34.2 Å². The molecule has 4 rings (SSSR count). The van der Waals surface area contributed by atoms with E-state index in [2.05, 4.69) is 15.6 Å². The zero-order valence-electron chi connectivity index (χ0n) is 14.5. The maximum atomic E-state index is 6.36. The first-order chi connectivity index (χ1) is 12.6. The summed E-state index contributed by atoms with van der Waals surface area (Å²) in [6.45, 7) is 4.66. The predicted molar refractivity (Wildman–Crippen MR) is 107 cm³/mol. The second kappa shape index (κ2) is 6.77. The lowest BCUT2D eigenvalue weighted by Crippen LogP contribution is -2.30. The molecule has 0 spiro atoms. The van der Waals surface area contributed by atoms with Gasteiger partial charge in [-0.25, -0.2) is 9.97 Å². The van der Waals surface area contributed by atoms with Crippen LogP contribution in [0, 0.1) is 0 Å². The van der Waals surface area contributed by atoms with Crippen LogP contribution in [0.3, 0.4) is 0 Å². The Kier molecular flexibility index (Phi) is 4.31. The van der Waals surface area contributed by atoms with Crippen LogP contribution >= 0.6 is 11.6 Å². The number of hydrogen-bond acceptors (Lipinski definition) is 5. The molecule has 6 heteroatoms. The number of benzene rings is 2. The van der Waals surface area contributed by atoms with E-state index in [-0.39, 0.29) is 0 Å². The zero-order valence-corrected chi connectivity index (χ0v) is 15.3. The third-order valence-corrected chi connectivity index (χ3v) is 4.58. The second-order valence-corrected chi connectivity index (χ2v) is 6.61. The third-order valence-electron chi connectivity index (χ3n) is 4.25. The van der Waals surface area contributed by atoms with Crippen molar-refractivity contribution in [1.29, 1.82) is 0 Å². The topological polar surface area (TPSA) is 62.2 Å². The van der Waals surface area contributed by atoms with Crippen molar-refractivity contribution < 1.29 is 0 Å². The number of halogens is 1. The molecule has 5 nitrogen and oxygen atoms in total. The number of hydrogen-bond donors (Lipinski definition) is 2. The van der Waals surface area contributed by atoms with Gasteiger partial charge in [-0.3, -0.25) is 4.99 Å². The molecule has 2 heterocycles. The zero-order chi connectivity index (χ0) is 18.1. The van der Waals surface area contributed by atoms with Gasteiger partial charge in [0.05, 0.1) is 22.9 Å². The number of fused-ring (bicyclic) bond motifs is 1. The van der Waals surface area contributed by atoms with Crippen molar-refractivity contribution in [3.63, 3.8) is 0 Å². The van der Waals surface area contributed by atoms with E-state index in [9.17, 15) is 0 Å². The van der Waals surface area contributed by atoms with Crippen molar-refractivity contribution in [3.8, 4) is 11.4 Å². The molecule has 0 amide bonds. The van der Waals surface area contributed by atoms with Gasteiger partial charge in [0.1, 0.15) is 11.6 Å². The standard InChI is InChI=1S/C20H18ClN5/c1-12-11-22-13(2)23-18(12)25-20-15-8-4-6-10-17(15)24-19(26-20)14-7-3-5-9-16(14)21/h3-10H,11H2,1-2H3,(H,22,23)(H,24,25,26). The van der Waals surface area contributed by atoms with E-state index < -0.39 is 0 Å². The van der Waals surface area contributed by atoms with Crippen LogP contribution < -0.4 is 10.6 Å². The van der Waals surface area contributed by atoms with E-state index in [1.165, 1.54) is 0 Å². The van der Waals surface area contributed by atoms with Crippen LogP contribution in [0.25, 0.3) is 22.3 Å². The SMILES string of the molecule is CC1=NCC(C)=C(Nc2nc(-c3ccccc3Cl)nc3ccccc23)N1. The average Bonchev–Trinajstić information content (AvgIpc) is 2.65. The second-order valence-electron chi connectivity index (χ2n) is 6.20. The van der Waals surface area contributed by atoms with Gasteiger partial charge in [0.25, 0.3) is 0 Å². The van der Waals surface area contributed by atoms with Gasteiger partial charge in [-0.1, -0.05) is 35.9 Å². The van der Waals surface area contributed by atoms with Gasteiger partial charge in [-0.05, 0) is 43.7 Å². The molecule has 2 N–H and O–H groups in total. The smallest absolute Gasteiger partial charge is 0.163 e. The first-order valence-corrected chi connectivity index (χ1v) is 8.76. The maximum absolute atomic E-state index is 6.36. The largest absolute Gasteiger partial charge is 0.331 e. The first kappa shape index (κ1) is 16.5. The lowest BCUT2D eigenvalue weighted by molar-refractivity contribution is 0.947. The average molecular weight is 364 g/mol. The van der Waals surface area contributed by atoms with E-state index in [4.69, 9.17) is 21.6 Å². The molecule has 26 heavy (non-hydrogen) atoms. The Morgan fingerprint density at radius 2 is 1.77 bits per heavy atom. The minimum absolute atomic E-state index is 0.594. The van der Waals surface area contributed by atoms with Crippen molar-refractivity contribution in [2.75, 3.05) is 11.9 Å². The maximum Gasteiger partial charge on any atom is 0.163 e. The van der Waals surface area contributed by atoms with Gasteiger partial charge in [-0.2, -0.15) is 0 Å². The fourth-order valence-corrected chi connectivity index (χ4v) is 3.05. The molecule has 0 saturated heterocycles. The Bertz CT molecular complexity index is 1060. The number of amidine groups is 1. The first-order valence-electron chi connectivity index (χ1n) is 8.38. The monoisotopic (exact) mass is 363 g/mol. The van der Waals surface area contributed by atoms with Gasteiger partial charge in [0.2, 0.25) is 0 Å². The number of para-hydroxylation sites is 1. The highest BCUT2D eigenvalue weighted by atomic mass is 35.5. The fourth-order valence-electron chi connectivity index (χ4n) is 2.83. The number of nitrogens with one attached hydrogen (secondary N) is 2. The Morgan fingerprint density at radius 3 is 2.62 bits per heavy atom. The summed E-state index contributed by atoms with van der Waals surface area (Å²) in [5.41, 5.74) is 2.79. The van der Waals surface area contributed by atoms with Crippen molar-refractivity contribution in [2.45, 2.75) is 13.8 Å². The van der Waals surface area contributed by atoms with E-state index in [0.717, 1.165) is 39.5 Å². The molecule has 3 aromatic rings. The Labute approximate surface area is 156 Å². The Balaban J connectivity index is 1.84. The minimum atomic E-state index is 0.594. The van der Waals surface area contributed by atoms with Crippen molar-refractivity contribution in [3.05, 3.63) is 64.9 Å². The number of nitrogens with zero attached hydrogens (tertiary/aromatic N) is 3. The molecule has 0 bridgehead atoms. The summed E-state index contributed by atoms with van der Waals surface area (Å²) in [5, 5.41) is 8.29. The quantitative estimate of drug-likeness (QED) is 0.713. The van der Waals surface area contributed by atoms with Crippen LogP contribution in [-0.4, -0.2) is 22.3 Å². The van der Waals surface area contributed by atoms with E-state index in [1.807, 2.05) is 62.4 Å².